The molecule has 2 aliphatic rings. The lowest BCUT2D eigenvalue weighted by atomic mass is 10.1. The molecule has 2 saturated heterocycles. The first-order valence-corrected chi connectivity index (χ1v) is 10.7. The number of carbonyl (C=O) groups excluding carboxylic acids is 2. The summed E-state index contributed by atoms with van der Waals surface area (Å²) in [5.74, 6) is -0.717. The summed E-state index contributed by atoms with van der Waals surface area (Å²) in [4.78, 5) is 33.3. The van der Waals surface area contributed by atoms with Crippen LogP contribution < -0.4 is 0 Å². The Labute approximate surface area is 177 Å². The Morgan fingerprint density at radius 3 is 2.55 bits per heavy atom. The van der Waals surface area contributed by atoms with E-state index in [1.54, 1.807) is 23.9 Å². The van der Waals surface area contributed by atoms with Crippen LogP contribution >= 0.6 is 11.6 Å². The van der Waals surface area contributed by atoms with Crippen molar-refractivity contribution in [2.75, 3.05) is 53.4 Å². The van der Waals surface area contributed by atoms with Gasteiger partial charge in [-0.25, -0.2) is 9.18 Å². The SMILES string of the molecule is CN(C)C(=O)N(CCN1CCCCC1)C1CCN(C(=O)c2ccc(F)c(Cl)c2)C1. The Hall–Kier alpha value is -1.86. The molecule has 6 nitrogen and oxygen atoms in total. The highest BCUT2D eigenvalue weighted by Gasteiger charge is 2.34. The van der Waals surface area contributed by atoms with E-state index in [0.717, 1.165) is 26.1 Å². The van der Waals surface area contributed by atoms with E-state index < -0.39 is 5.82 Å². The van der Waals surface area contributed by atoms with Crippen LogP contribution in [0.25, 0.3) is 0 Å². The van der Waals surface area contributed by atoms with E-state index in [0.29, 0.717) is 25.2 Å². The van der Waals surface area contributed by atoms with Gasteiger partial charge in [-0.1, -0.05) is 18.0 Å². The molecule has 160 valence electrons. The smallest absolute Gasteiger partial charge is 0.319 e. The molecule has 3 amide bonds. The van der Waals surface area contributed by atoms with E-state index in [1.165, 1.54) is 37.5 Å². The summed E-state index contributed by atoms with van der Waals surface area (Å²) in [7, 11) is 3.52. The summed E-state index contributed by atoms with van der Waals surface area (Å²) in [5.41, 5.74) is 0.371. The standard InChI is InChI=1S/C21H30ClFN4O2/c1-24(2)21(29)27(13-12-25-9-4-3-5-10-25)17-8-11-26(15-17)20(28)16-6-7-19(23)18(22)14-16/h6-7,14,17H,3-5,8-13,15H2,1-2H3. The fourth-order valence-electron chi connectivity index (χ4n) is 4.12. The lowest BCUT2D eigenvalue weighted by molar-refractivity contribution is 0.0773. The molecule has 0 aliphatic carbocycles. The molecule has 0 saturated carbocycles. The van der Waals surface area contributed by atoms with Gasteiger partial charge < -0.3 is 19.6 Å². The summed E-state index contributed by atoms with van der Waals surface area (Å²) in [6.07, 6.45) is 4.45. The van der Waals surface area contributed by atoms with E-state index >= 15 is 0 Å². The van der Waals surface area contributed by atoms with E-state index in [1.807, 2.05) is 4.90 Å². The van der Waals surface area contributed by atoms with Crippen molar-refractivity contribution in [3.63, 3.8) is 0 Å². The van der Waals surface area contributed by atoms with Crippen molar-refractivity contribution < 1.29 is 14.0 Å². The zero-order chi connectivity index (χ0) is 21.0. The van der Waals surface area contributed by atoms with Crippen LogP contribution in [0.5, 0.6) is 0 Å². The van der Waals surface area contributed by atoms with Gasteiger partial charge in [0.1, 0.15) is 5.82 Å². The number of halogens is 2. The quantitative estimate of drug-likeness (QED) is 0.729. The van der Waals surface area contributed by atoms with Crippen LogP contribution in [0.4, 0.5) is 9.18 Å². The van der Waals surface area contributed by atoms with Gasteiger partial charge in [-0.3, -0.25) is 4.79 Å². The number of likely N-dealkylation sites (tertiary alicyclic amines) is 2. The molecule has 1 unspecified atom stereocenters. The Kier molecular flexibility index (Phi) is 7.35. The van der Waals surface area contributed by atoms with Gasteiger partial charge in [-0.2, -0.15) is 0 Å². The topological polar surface area (TPSA) is 47.1 Å². The molecule has 0 radical (unpaired) electrons. The molecular weight excluding hydrogens is 395 g/mol. The largest absolute Gasteiger partial charge is 0.337 e. The molecule has 2 fully saturated rings. The van der Waals surface area contributed by atoms with Gasteiger partial charge in [0, 0.05) is 45.8 Å². The fraction of sp³-hybridized carbons (Fsp3) is 0.619. The van der Waals surface area contributed by atoms with Crippen LogP contribution in [-0.4, -0.2) is 90.9 Å². The highest BCUT2D eigenvalue weighted by atomic mass is 35.5. The predicted octanol–water partition coefficient (Wildman–Crippen LogP) is 3.16. The second kappa shape index (κ2) is 9.76. The monoisotopic (exact) mass is 424 g/mol. The molecule has 1 aromatic carbocycles. The molecule has 2 aliphatic heterocycles. The number of benzene rings is 1. The van der Waals surface area contributed by atoms with Crippen molar-refractivity contribution in [3.8, 4) is 0 Å². The van der Waals surface area contributed by atoms with Gasteiger partial charge in [-0.15, -0.1) is 0 Å². The predicted molar refractivity (Wildman–Crippen MR) is 112 cm³/mol. The van der Waals surface area contributed by atoms with Crippen LogP contribution in [-0.2, 0) is 0 Å². The van der Waals surface area contributed by atoms with Gasteiger partial charge in [0.25, 0.3) is 5.91 Å². The van der Waals surface area contributed by atoms with Crippen molar-refractivity contribution in [2.24, 2.45) is 0 Å². The van der Waals surface area contributed by atoms with Gasteiger partial charge >= 0.3 is 6.03 Å². The molecule has 3 rings (SSSR count). The molecule has 1 aromatic rings. The third-order valence-electron chi connectivity index (χ3n) is 5.79. The summed E-state index contributed by atoms with van der Waals surface area (Å²) in [6.45, 7) is 4.74. The van der Waals surface area contributed by atoms with Crippen molar-refractivity contribution in [3.05, 3.63) is 34.6 Å². The molecule has 8 heteroatoms. The minimum atomic E-state index is -0.539. The summed E-state index contributed by atoms with van der Waals surface area (Å²) in [5, 5.41) is -0.0578. The summed E-state index contributed by atoms with van der Waals surface area (Å²) < 4.78 is 13.4. The number of piperidine rings is 1. The highest BCUT2D eigenvalue weighted by molar-refractivity contribution is 6.31. The molecule has 0 spiro atoms. The van der Waals surface area contributed by atoms with Crippen LogP contribution in [0.15, 0.2) is 18.2 Å². The van der Waals surface area contributed by atoms with Crippen LogP contribution in [0.3, 0.4) is 0 Å². The number of hydrogen-bond donors (Lipinski definition) is 0. The minimum absolute atomic E-state index is 0.0189. The maximum absolute atomic E-state index is 13.4. The second-order valence-electron chi connectivity index (χ2n) is 8.10. The second-order valence-corrected chi connectivity index (χ2v) is 8.50. The minimum Gasteiger partial charge on any atom is -0.337 e. The average molecular weight is 425 g/mol. The highest BCUT2D eigenvalue weighted by Crippen LogP contribution is 2.22. The zero-order valence-electron chi connectivity index (χ0n) is 17.2. The number of hydrogen-bond acceptors (Lipinski definition) is 3. The summed E-state index contributed by atoms with van der Waals surface area (Å²) >= 11 is 5.83. The van der Waals surface area contributed by atoms with Crippen LogP contribution in [0.2, 0.25) is 5.02 Å². The van der Waals surface area contributed by atoms with Crippen LogP contribution in [0.1, 0.15) is 36.0 Å². The van der Waals surface area contributed by atoms with Crippen molar-refractivity contribution >= 4 is 23.5 Å². The first kappa shape index (κ1) is 21.8. The maximum atomic E-state index is 13.4. The van der Waals surface area contributed by atoms with Crippen molar-refractivity contribution in [1.29, 1.82) is 0 Å². The third-order valence-corrected chi connectivity index (χ3v) is 6.08. The molecule has 29 heavy (non-hydrogen) atoms. The Balaban J connectivity index is 1.64. The molecule has 2 heterocycles. The van der Waals surface area contributed by atoms with Gasteiger partial charge in [0.2, 0.25) is 0 Å². The number of nitrogens with zero attached hydrogens (tertiary/aromatic N) is 4. The third kappa shape index (κ3) is 5.39. The Morgan fingerprint density at radius 1 is 1.17 bits per heavy atom. The van der Waals surface area contributed by atoms with E-state index in [2.05, 4.69) is 4.90 Å². The zero-order valence-corrected chi connectivity index (χ0v) is 18.0. The van der Waals surface area contributed by atoms with Crippen molar-refractivity contribution in [2.45, 2.75) is 31.7 Å². The first-order chi connectivity index (χ1) is 13.9. The molecule has 1 atom stereocenters. The van der Waals surface area contributed by atoms with Gasteiger partial charge in [0.15, 0.2) is 0 Å². The lowest BCUT2D eigenvalue weighted by Crippen LogP contribution is -2.50. The molecule has 0 N–H and O–H groups in total. The van der Waals surface area contributed by atoms with E-state index in [4.69, 9.17) is 11.6 Å². The molecule has 0 bridgehead atoms. The lowest BCUT2D eigenvalue weighted by Gasteiger charge is -2.34. The summed E-state index contributed by atoms with van der Waals surface area (Å²) in [6, 6.07) is 3.99. The normalized spacial score (nSPS) is 20.0. The fourth-order valence-corrected chi connectivity index (χ4v) is 4.30. The van der Waals surface area contributed by atoms with Crippen LogP contribution in [0, 0.1) is 5.82 Å². The Morgan fingerprint density at radius 2 is 1.90 bits per heavy atom. The van der Waals surface area contributed by atoms with Crippen molar-refractivity contribution in [1.82, 2.24) is 19.6 Å². The van der Waals surface area contributed by atoms with Gasteiger partial charge in [0.05, 0.1) is 11.1 Å². The first-order valence-electron chi connectivity index (χ1n) is 10.3. The van der Waals surface area contributed by atoms with Gasteiger partial charge in [-0.05, 0) is 50.6 Å². The van der Waals surface area contributed by atoms with E-state index in [9.17, 15) is 14.0 Å². The molecule has 0 aromatic heterocycles. The van der Waals surface area contributed by atoms with E-state index in [-0.39, 0.29) is 23.0 Å². The molecular formula is C21H30ClFN4O2. The number of amides is 3. The number of rotatable bonds is 5. The number of urea groups is 1. The Bertz CT molecular complexity index is 739. The number of carbonyl (C=O) groups is 2. The average Bonchev–Trinajstić information content (AvgIpc) is 3.20. The maximum Gasteiger partial charge on any atom is 0.319 e.